The molecule has 0 saturated carbocycles. The first kappa shape index (κ1) is 13.6. The van der Waals surface area contributed by atoms with Crippen molar-refractivity contribution in [2.45, 2.75) is 12.8 Å². The van der Waals surface area contributed by atoms with Crippen molar-refractivity contribution in [3.05, 3.63) is 28.8 Å². The summed E-state index contributed by atoms with van der Waals surface area (Å²) < 4.78 is 0. The van der Waals surface area contributed by atoms with E-state index in [2.05, 4.69) is 4.90 Å². The van der Waals surface area contributed by atoms with Gasteiger partial charge in [-0.3, -0.25) is 0 Å². The number of thiocarbonyl (C=S) groups is 1. The normalized spacial score (nSPS) is 16.9. The van der Waals surface area contributed by atoms with E-state index in [1.807, 2.05) is 12.1 Å². The minimum Gasteiger partial charge on any atom is -0.396 e. The van der Waals surface area contributed by atoms with E-state index < -0.39 is 0 Å². The fourth-order valence-corrected chi connectivity index (χ4v) is 2.92. The second-order valence-electron chi connectivity index (χ2n) is 4.61. The van der Waals surface area contributed by atoms with Crippen LogP contribution in [0.1, 0.15) is 18.4 Å². The van der Waals surface area contributed by atoms with Gasteiger partial charge in [0.15, 0.2) is 0 Å². The third-order valence-electron chi connectivity index (χ3n) is 3.45. The molecule has 3 nitrogen and oxygen atoms in total. The molecular formula is C13H17ClN2OS. The molecule has 2 rings (SSSR count). The maximum absolute atomic E-state index is 9.15. The van der Waals surface area contributed by atoms with Gasteiger partial charge in [0.05, 0.1) is 10.6 Å². The summed E-state index contributed by atoms with van der Waals surface area (Å²) in [5.74, 6) is 0.411. The zero-order valence-electron chi connectivity index (χ0n) is 10.1. The van der Waals surface area contributed by atoms with Gasteiger partial charge < -0.3 is 15.7 Å². The SMILES string of the molecule is NC(=S)c1c(Cl)cccc1N1CCC(CO)CC1. The van der Waals surface area contributed by atoms with Crippen molar-refractivity contribution in [3.63, 3.8) is 0 Å². The van der Waals surface area contributed by atoms with Crippen LogP contribution in [0.15, 0.2) is 18.2 Å². The summed E-state index contributed by atoms with van der Waals surface area (Å²) in [5, 5.41) is 9.76. The minimum absolute atomic E-state index is 0.269. The van der Waals surface area contributed by atoms with Crippen molar-refractivity contribution in [1.82, 2.24) is 0 Å². The highest BCUT2D eigenvalue weighted by atomic mass is 35.5. The number of hydrogen-bond acceptors (Lipinski definition) is 3. The molecule has 0 amide bonds. The van der Waals surface area contributed by atoms with Crippen molar-refractivity contribution in [1.29, 1.82) is 0 Å². The van der Waals surface area contributed by atoms with E-state index in [0.29, 0.717) is 15.9 Å². The van der Waals surface area contributed by atoms with Crippen LogP contribution in [0.3, 0.4) is 0 Å². The monoisotopic (exact) mass is 284 g/mol. The Hall–Kier alpha value is -0.840. The first-order valence-electron chi connectivity index (χ1n) is 6.07. The van der Waals surface area contributed by atoms with E-state index in [0.717, 1.165) is 37.2 Å². The molecule has 1 aliphatic heterocycles. The van der Waals surface area contributed by atoms with Crippen LogP contribution >= 0.6 is 23.8 Å². The number of hydrogen-bond donors (Lipinski definition) is 2. The smallest absolute Gasteiger partial charge is 0.107 e. The lowest BCUT2D eigenvalue weighted by atomic mass is 9.97. The summed E-state index contributed by atoms with van der Waals surface area (Å²) in [5.41, 5.74) is 7.52. The number of nitrogens with two attached hydrogens (primary N) is 1. The summed E-state index contributed by atoms with van der Waals surface area (Å²) in [6.45, 7) is 2.08. The summed E-state index contributed by atoms with van der Waals surface area (Å²) in [7, 11) is 0. The van der Waals surface area contributed by atoms with Gasteiger partial charge in [-0.05, 0) is 30.9 Å². The highest BCUT2D eigenvalue weighted by molar-refractivity contribution is 7.80. The van der Waals surface area contributed by atoms with Crippen molar-refractivity contribution in [2.75, 3.05) is 24.6 Å². The van der Waals surface area contributed by atoms with E-state index in [4.69, 9.17) is 34.7 Å². The van der Waals surface area contributed by atoms with E-state index in [9.17, 15) is 0 Å². The minimum atomic E-state index is 0.269. The van der Waals surface area contributed by atoms with Crippen LogP contribution in [-0.2, 0) is 0 Å². The van der Waals surface area contributed by atoms with Crippen LogP contribution < -0.4 is 10.6 Å². The predicted octanol–water partition coefficient (Wildman–Crippen LogP) is 2.18. The van der Waals surface area contributed by atoms with E-state index in [1.165, 1.54) is 0 Å². The molecule has 0 aliphatic carbocycles. The molecule has 1 aliphatic rings. The molecule has 0 aromatic heterocycles. The van der Waals surface area contributed by atoms with Crippen molar-refractivity contribution in [2.24, 2.45) is 11.7 Å². The maximum atomic E-state index is 9.15. The molecule has 3 N–H and O–H groups in total. The molecular weight excluding hydrogens is 268 g/mol. The highest BCUT2D eigenvalue weighted by Gasteiger charge is 2.22. The van der Waals surface area contributed by atoms with Gasteiger partial charge in [-0.15, -0.1) is 0 Å². The zero-order valence-corrected chi connectivity index (χ0v) is 11.7. The maximum Gasteiger partial charge on any atom is 0.107 e. The first-order valence-corrected chi connectivity index (χ1v) is 6.86. The van der Waals surface area contributed by atoms with Gasteiger partial charge in [-0.1, -0.05) is 29.9 Å². The molecule has 0 spiro atoms. The van der Waals surface area contributed by atoms with Crippen molar-refractivity contribution in [3.8, 4) is 0 Å². The third-order valence-corrected chi connectivity index (χ3v) is 3.97. The lowest BCUT2D eigenvalue weighted by molar-refractivity contribution is 0.203. The summed E-state index contributed by atoms with van der Waals surface area (Å²) in [4.78, 5) is 2.58. The van der Waals surface area contributed by atoms with Crippen molar-refractivity contribution < 1.29 is 5.11 Å². The zero-order chi connectivity index (χ0) is 13.1. The van der Waals surface area contributed by atoms with Crippen molar-refractivity contribution >= 4 is 34.5 Å². The van der Waals surface area contributed by atoms with Gasteiger partial charge in [0.2, 0.25) is 0 Å². The van der Waals surface area contributed by atoms with Gasteiger partial charge in [0.25, 0.3) is 0 Å². The third kappa shape index (κ3) is 2.76. The Balaban J connectivity index is 2.24. The Labute approximate surface area is 118 Å². The summed E-state index contributed by atoms with van der Waals surface area (Å²) >= 11 is 11.2. The molecule has 5 heteroatoms. The van der Waals surface area contributed by atoms with Crippen LogP contribution in [0, 0.1) is 5.92 Å². The number of aliphatic hydroxyl groups is 1. The second-order valence-corrected chi connectivity index (χ2v) is 5.46. The Morgan fingerprint density at radius 3 is 2.67 bits per heavy atom. The number of nitrogens with zero attached hydrogens (tertiary/aromatic N) is 1. The molecule has 98 valence electrons. The second kappa shape index (κ2) is 5.87. The highest BCUT2D eigenvalue weighted by Crippen LogP contribution is 2.30. The molecule has 18 heavy (non-hydrogen) atoms. The fraction of sp³-hybridized carbons (Fsp3) is 0.462. The van der Waals surface area contributed by atoms with Gasteiger partial charge in [-0.2, -0.15) is 0 Å². The Kier molecular flexibility index (Phi) is 4.43. The van der Waals surface area contributed by atoms with Gasteiger partial charge >= 0.3 is 0 Å². The molecule has 0 unspecified atom stereocenters. The lowest BCUT2D eigenvalue weighted by Gasteiger charge is -2.34. The Morgan fingerprint density at radius 2 is 2.11 bits per heavy atom. The average molecular weight is 285 g/mol. The van der Waals surface area contributed by atoms with Gasteiger partial charge in [0, 0.05) is 25.4 Å². The quantitative estimate of drug-likeness (QED) is 0.836. The van der Waals surface area contributed by atoms with Crippen LogP contribution in [0.5, 0.6) is 0 Å². The molecule has 1 aromatic carbocycles. The number of halogens is 1. The Morgan fingerprint density at radius 1 is 1.44 bits per heavy atom. The van der Waals surface area contributed by atoms with E-state index >= 15 is 0 Å². The molecule has 1 aromatic rings. The molecule has 1 saturated heterocycles. The Bertz CT molecular complexity index is 445. The first-order chi connectivity index (χ1) is 8.63. The number of anilines is 1. The van der Waals surface area contributed by atoms with Crippen LogP contribution in [0.25, 0.3) is 0 Å². The molecule has 0 radical (unpaired) electrons. The van der Waals surface area contributed by atoms with Gasteiger partial charge in [0.1, 0.15) is 4.99 Å². The van der Waals surface area contributed by atoms with Crippen LogP contribution in [-0.4, -0.2) is 29.8 Å². The van der Waals surface area contributed by atoms with Crippen LogP contribution in [0.2, 0.25) is 5.02 Å². The topological polar surface area (TPSA) is 49.5 Å². The van der Waals surface area contributed by atoms with Crippen LogP contribution in [0.4, 0.5) is 5.69 Å². The average Bonchev–Trinajstić information content (AvgIpc) is 2.38. The number of aliphatic hydroxyl groups excluding tert-OH is 1. The summed E-state index contributed by atoms with van der Waals surface area (Å²) in [6, 6.07) is 5.72. The standard InChI is InChI=1S/C13H17ClN2OS/c14-10-2-1-3-11(12(10)13(15)18)16-6-4-9(8-17)5-7-16/h1-3,9,17H,4-8H2,(H2,15,18). The molecule has 0 atom stereocenters. The molecule has 0 bridgehead atoms. The predicted molar refractivity (Wildman–Crippen MR) is 79.4 cm³/mol. The number of rotatable bonds is 3. The van der Waals surface area contributed by atoms with Gasteiger partial charge in [-0.25, -0.2) is 0 Å². The molecule has 1 fully saturated rings. The largest absolute Gasteiger partial charge is 0.396 e. The fourth-order valence-electron chi connectivity index (χ4n) is 2.38. The molecule has 1 heterocycles. The van der Waals surface area contributed by atoms with E-state index in [1.54, 1.807) is 6.07 Å². The number of piperidine rings is 1. The lowest BCUT2D eigenvalue weighted by Crippen LogP contribution is -2.36. The number of benzene rings is 1. The summed E-state index contributed by atoms with van der Waals surface area (Å²) in [6.07, 6.45) is 1.97. The van der Waals surface area contributed by atoms with E-state index in [-0.39, 0.29) is 6.61 Å².